The predicted molar refractivity (Wildman–Crippen MR) is 316 cm³/mol. The van der Waals surface area contributed by atoms with E-state index < -0.39 is 6.10 Å². The third-order valence-electron chi connectivity index (χ3n) is 14.3. The molecule has 0 N–H and O–H groups in total. The molecule has 0 aromatic heterocycles. The molecule has 0 saturated carbocycles. The van der Waals surface area contributed by atoms with Crippen LogP contribution in [-0.2, 0) is 28.6 Å². The summed E-state index contributed by atoms with van der Waals surface area (Å²) < 4.78 is 16.8. The van der Waals surface area contributed by atoms with Crippen LogP contribution in [-0.4, -0.2) is 37.2 Å². The number of ether oxygens (including phenoxy) is 3. The Kier molecular flexibility index (Phi) is 59.7. The Labute approximate surface area is 454 Å². The summed E-state index contributed by atoms with van der Waals surface area (Å²) in [6.45, 7) is 6.60. The second-order valence-corrected chi connectivity index (χ2v) is 21.7. The quantitative estimate of drug-likeness (QED) is 0.0261. The van der Waals surface area contributed by atoms with E-state index in [1.165, 1.54) is 225 Å². The van der Waals surface area contributed by atoms with Crippen LogP contribution < -0.4 is 0 Å². The lowest BCUT2D eigenvalue weighted by molar-refractivity contribution is -0.167. The van der Waals surface area contributed by atoms with Crippen molar-refractivity contribution >= 4 is 17.9 Å². The fourth-order valence-corrected chi connectivity index (χ4v) is 9.45. The molecular weight excluding hydrogens is 901 g/mol. The Bertz CT molecular complexity index is 1270. The van der Waals surface area contributed by atoms with E-state index >= 15 is 0 Å². The molecule has 6 nitrogen and oxygen atoms in total. The molecule has 1 unspecified atom stereocenters. The van der Waals surface area contributed by atoms with Gasteiger partial charge in [0, 0.05) is 19.3 Å². The summed E-state index contributed by atoms with van der Waals surface area (Å²) in [5, 5.41) is 0. The van der Waals surface area contributed by atoms with Crippen LogP contribution in [0.2, 0.25) is 0 Å². The zero-order valence-electron chi connectivity index (χ0n) is 48.9. The lowest BCUT2D eigenvalue weighted by Gasteiger charge is -2.18. The second-order valence-electron chi connectivity index (χ2n) is 21.7. The molecule has 73 heavy (non-hydrogen) atoms. The summed E-state index contributed by atoms with van der Waals surface area (Å²) >= 11 is 0. The first-order chi connectivity index (χ1) is 36.0. The highest BCUT2D eigenvalue weighted by atomic mass is 16.6. The van der Waals surface area contributed by atoms with Gasteiger partial charge in [0.2, 0.25) is 0 Å². The van der Waals surface area contributed by atoms with E-state index in [9.17, 15) is 14.4 Å². The van der Waals surface area contributed by atoms with Gasteiger partial charge in [-0.3, -0.25) is 14.4 Å². The molecular formula is C67H122O6. The number of carbonyl (C=O) groups excluding carboxylic acids is 3. The summed E-state index contributed by atoms with van der Waals surface area (Å²) in [7, 11) is 0. The second kappa shape index (κ2) is 61.9. The number of hydrogen-bond acceptors (Lipinski definition) is 6. The maximum Gasteiger partial charge on any atom is 0.306 e. The van der Waals surface area contributed by atoms with Crippen molar-refractivity contribution in [2.75, 3.05) is 13.2 Å². The van der Waals surface area contributed by atoms with Crippen molar-refractivity contribution < 1.29 is 28.6 Å². The first kappa shape index (κ1) is 70.4. The van der Waals surface area contributed by atoms with E-state index in [0.717, 1.165) is 77.0 Å². The van der Waals surface area contributed by atoms with Crippen LogP contribution in [0.3, 0.4) is 0 Å². The molecule has 0 spiro atoms. The number of carbonyl (C=O) groups is 3. The highest BCUT2D eigenvalue weighted by Crippen LogP contribution is 2.17. The zero-order chi connectivity index (χ0) is 52.9. The summed E-state index contributed by atoms with van der Waals surface area (Å²) in [5.41, 5.74) is 0. The Morgan fingerprint density at radius 3 is 0.781 bits per heavy atom. The van der Waals surface area contributed by atoms with Crippen molar-refractivity contribution in [2.24, 2.45) is 0 Å². The number of hydrogen-bond donors (Lipinski definition) is 0. The van der Waals surface area contributed by atoms with Crippen molar-refractivity contribution in [3.05, 3.63) is 48.6 Å². The van der Waals surface area contributed by atoms with Crippen LogP contribution in [0.4, 0.5) is 0 Å². The maximum atomic E-state index is 12.8. The smallest absolute Gasteiger partial charge is 0.306 e. The normalized spacial score (nSPS) is 12.3. The molecule has 0 saturated heterocycles. The molecule has 0 aliphatic heterocycles. The van der Waals surface area contributed by atoms with Crippen molar-refractivity contribution in [2.45, 2.75) is 348 Å². The number of rotatable bonds is 59. The van der Waals surface area contributed by atoms with E-state index in [4.69, 9.17) is 14.2 Å². The standard InChI is InChI=1S/C67H122O6/c1-4-7-10-13-16-18-20-22-24-26-27-28-29-30-31-32-33-34-35-36-37-38-39-41-42-44-46-48-51-54-57-60-66(69)72-63-64(62-71-65(68)59-56-53-50-15-12-9-6-3)73-67(70)61-58-55-52-49-47-45-43-40-25-23-21-19-17-14-11-8-5-2/h17,19-20,22-23,25-27,64H,4-16,18,21,24,28-63H2,1-3H3/b19-17-,22-20-,25-23-,27-26-. The van der Waals surface area contributed by atoms with Crippen LogP contribution in [0.25, 0.3) is 0 Å². The summed E-state index contributed by atoms with van der Waals surface area (Å²) in [6.07, 6.45) is 77.3. The number of unbranched alkanes of at least 4 members (excludes halogenated alkanes) is 40. The van der Waals surface area contributed by atoms with Crippen LogP contribution in [0.15, 0.2) is 48.6 Å². The van der Waals surface area contributed by atoms with Gasteiger partial charge in [-0.1, -0.05) is 288 Å². The fraction of sp³-hybridized carbons (Fsp3) is 0.836. The lowest BCUT2D eigenvalue weighted by atomic mass is 10.0. The molecule has 0 rings (SSSR count). The molecule has 426 valence electrons. The Hall–Kier alpha value is -2.63. The Morgan fingerprint density at radius 1 is 0.274 bits per heavy atom. The van der Waals surface area contributed by atoms with E-state index in [-0.39, 0.29) is 31.1 Å². The topological polar surface area (TPSA) is 78.9 Å². The van der Waals surface area contributed by atoms with Crippen LogP contribution in [0, 0.1) is 0 Å². The fourth-order valence-electron chi connectivity index (χ4n) is 9.45. The third-order valence-corrected chi connectivity index (χ3v) is 14.3. The average Bonchev–Trinajstić information content (AvgIpc) is 3.39. The van der Waals surface area contributed by atoms with E-state index in [1.807, 2.05) is 0 Å². The van der Waals surface area contributed by atoms with Gasteiger partial charge in [-0.2, -0.15) is 0 Å². The average molecular weight is 1020 g/mol. The minimum absolute atomic E-state index is 0.0724. The zero-order valence-corrected chi connectivity index (χ0v) is 48.9. The Morgan fingerprint density at radius 2 is 0.493 bits per heavy atom. The molecule has 0 aromatic rings. The Balaban J connectivity index is 4.01. The molecule has 1 atom stereocenters. The van der Waals surface area contributed by atoms with Gasteiger partial charge in [0.25, 0.3) is 0 Å². The van der Waals surface area contributed by atoms with Gasteiger partial charge in [0.1, 0.15) is 13.2 Å². The third kappa shape index (κ3) is 60.1. The minimum Gasteiger partial charge on any atom is -0.462 e. The van der Waals surface area contributed by atoms with Crippen molar-refractivity contribution in [3.63, 3.8) is 0 Å². The first-order valence-corrected chi connectivity index (χ1v) is 32.1. The van der Waals surface area contributed by atoms with Gasteiger partial charge in [-0.15, -0.1) is 0 Å². The van der Waals surface area contributed by atoms with E-state index in [0.29, 0.717) is 19.3 Å². The van der Waals surface area contributed by atoms with Crippen molar-refractivity contribution in [3.8, 4) is 0 Å². The summed E-state index contributed by atoms with van der Waals surface area (Å²) in [6, 6.07) is 0. The highest BCUT2D eigenvalue weighted by molar-refractivity contribution is 5.71. The van der Waals surface area contributed by atoms with E-state index in [2.05, 4.69) is 69.4 Å². The number of esters is 3. The van der Waals surface area contributed by atoms with E-state index in [1.54, 1.807) is 0 Å². The van der Waals surface area contributed by atoms with Gasteiger partial charge >= 0.3 is 17.9 Å². The van der Waals surface area contributed by atoms with Crippen LogP contribution in [0.5, 0.6) is 0 Å². The van der Waals surface area contributed by atoms with Crippen LogP contribution >= 0.6 is 0 Å². The van der Waals surface area contributed by atoms with Gasteiger partial charge < -0.3 is 14.2 Å². The minimum atomic E-state index is -0.772. The van der Waals surface area contributed by atoms with Gasteiger partial charge in [0.15, 0.2) is 6.10 Å². The lowest BCUT2D eigenvalue weighted by Crippen LogP contribution is -2.30. The molecule has 0 fully saturated rings. The first-order valence-electron chi connectivity index (χ1n) is 32.1. The molecule has 0 bridgehead atoms. The molecule has 0 aliphatic rings. The van der Waals surface area contributed by atoms with Gasteiger partial charge in [0.05, 0.1) is 0 Å². The van der Waals surface area contributed by atoms with Crippen molar-refractivity contribution in [1.82, 2.24) is 0 Å². The van der Waals surface area contributed by atoms with Gasteiger partial charge in [-0.25, -0.2) is 0 Å². The maximum absolute atomic E-state index is 12.8. The van der Waals surface area contributed by atoms with Crippen LogP contribution in [0.1, 0.15) is 342 Å². The SMILES string of the molecule is CCCCC/C=C\C/C=C\CCCCCCCCCC(=O)OC(COC(=O)CCCCCCCCC)COC(=O)CCCCCCCCCCCCCCCCCCCCC/C=C\C/C=C\CCCCCCC. The summed E-state index contributed by atoms with van der Waals surface area (Å²) in [5.74, 6) is -0.870. The van der Waals surface area contributed by atoms with Crippen molar-refractivity contribution in [1.29, 1.82) is 0 Å². The molecule has 0 aromatic carbocycles. The molecule has 0 amide bonds. The molecule has 0 heterocycles. The highest BCUT2D eigenvalue weighted by Gasteiger charge is 2.19. The number of allylic oxidation sites excluding steroid dienone is 8. The van der Waals surface area contributed by atoms with Gasteiger partial charge in [-0.05, 0) is 83.5 Å². The largest absolute Gasteiger partial charge is 0.462 e. The monoisotopic (exact) mass is 1020 g/mol. The summed E-state index contributed by atoms with van der Waals surface area (Å²) in [4.78, 5) is 38.0. The molecule has 0 radical (unpaired) electrons. The predicted octanol–water partition coefficient (Wildman–Crippen LogP) is 21.8. The molecule has 6 heteroatoms. The molecule has 0 aliphatic carbocycles.